The molecule has 0 heterocycles. The molecule has 1 N–H and O–H groups in total. The highest BCUT2D eigenvalue weighted by Gasteiger charge is 2.33. The van der Waals surface area contributed by atoms with Gasteiger partial charge in [0.15, 0.2) is 0 Å². The molecule has 0 bridgehead atoms. The van der Waals surface area contributed by atoms with Crippen LogP contribution in [0.25, 0.3) is 0 Å². The minimum absolute atomic E-state index is 0.0838. The molecule has 0 aliphatic carbocycles. The Kier molecular flexibility index (Phi) is 14.3. The molecule has 0 spiro atoms. The van der Waals surface area contributed by atoms with Crippen molar-refractivity contribution in [3.05, 3.63) is 0 Å². The molecular weight excluding hydrogens is 344 g/mol. The summed E-state index contributed by atoms with van der Waals surface area (Å²) in [6.07, 6.45) is 7.83. The van der Waals surface area contributed by atoms with Gasteiger partial charge in [-0.05, 0) is 32.1 Å². The van der Waals surface area contributed by atoms with Gasteiger partial charge in [0.2, 0.25) is 0 Å². The summed E-state index contributed by atoms with van der Waals surface area (Å²) in [5.74, 6) is -0.616. The molecule has 0 aliphatic rings. The minimum Gasteiger partial charge on any atom is -0.465 e. The summed E-state index contributed by atoms with van der Waals surface area (Å²) in [4.78, 5) is 24.7. The highest BCUT2D eigenvalue weighted by molar-refractivity contribution is 5.73. The summed E-state index contributed by atoms with van der Waals surface area (Å²) in [6.45, 7) is 10.1. The van der Waals surface area contributed by atoms with E-state index in [1.54, 1.807) is 0 Å². The molecule has 0 saturated heterocycles. The molecule has 27 heavy (non-hydrogen) atoms. The maximum absolute atomic E-state index is 12.4. The van der Waals surface area contributed by atoms with Crippen molar-refractivity contribution in [3.63, 3.8) is 0 Å². The van der Waals surface area contributed by atoms with Gasteiger partial charge < -0.3 is 14.6 Å². The number of carbonyl (C=O) groups is 2. The van der Waals surface area contributed by atoms with E-state index in [0.717, 1.165) is 51.4 Å². The quantitative estimate of drug-likeness (QED) is 0.382. The molecular formula is C22H42O5. The third-order valence-electron chi connectivity index (χ3n) is 5.59. The number of unbranched alkanes of at least 4 members (excludes halogenated alkanes) is 2. The molecule has 0 aliphatic heterocycles. The van der Waals surface area contributed by atoms with Gasteiger partial charge in [-0.25, -0.2) is 0 Å². The zero-order valence-corrected chi connectivity index (χ0v) is 18.2. The van der Waals surface area contributed by atoms with E-state index in [0.29, 0.717) is 6.42 Å². The SMILES string of the molecule is CCCCC(CC)C(=O)OCC(CC)(CO)COC(=O)C(CC)CCCC. The lowest BCUT2D eigenvalue weighted by Gasteiger charge is -2.30. The summed E-state index contributed by atoms with van der Waals surface area (Å²) in [7, 11) is 0. The first-order valence-electron chi connectivity index (χ1n) is 10.9. The van der Waals surface area contributed by atoms with Crippen LogP contribution in [0.2, 0.25) is 0 Å². The van der Waals surface area contributed by atoms with Crippen molar-refractivity contribution in [1.29, 1.82) is 0 Å². The fourth-order valence-corrected chi connectivity index (χ4v) is 3.01. The molecule has 0 saturated carbocycles. The lowest BCUT2D eigenvalue weighted by Crippen LogP contribution is -2.38. The topological polar surface area (TPSA) is 72.8 Å². The smallest absolute Gasteiger partial charge is 0.308 e. The van der Waals surface area contributed by atoms with Crippen LogP contribution in [0.1, 0.15) is 92.4 Å². The van der Waals surface area contributed by atoms with E-state index in [1.165, 1.54) is 0 Å². The second-order valence-electron chi connectivity index (χ2n) is 7.72. The van der Waals surface area contributed by atoms with E-state index in [4.69, 9.17) is 9.47 Å². The number of hydrogen-bond acceptors (Lipinski definition) is 5. The Morgan fingerprint density at radius 1 is 0.815 bits per heavy atom. The Balaban J connectivity index is 4.73. The molecule has 160 valence electrons. The normalized spacial score (nSPS) is 15.6. The largest absolute Gasteiger partial charge is 0.465 e. The lowest BCUT2D eigenvalue weighted by molar-refractivity contribution is -0.162. The summed E-state index contributed by atoms with van der Waals surface area (Å²) >= 11 is 0. The molecule has 2 unspecified atom stereocenters. The van der Waals surface area contributed by atoms with Gasteiger partial charge in [0.05, 0.1) is 23.9 Å². The maximum Gasteiger partial charge on any atom is 0.308 e. The highest BCUT2D eigenvalue weighted by atomic mass is 16.5. The zero-order valence-electron chi connectivity index (χ0n) is 18.2. The summed E-state index contributed by atoms with van der Waals surface area (Å²) in [6, 6.07) is 0. The lowest BCUT2D eigenvalue weighted by atomic mass is 9.87. The van der Waals surface area contributed by atoms with Crippen molar-refractivity contribution in [1.82, 2.24) is 0 Å². The van der Waals surface area contributed by atoms with Crippen LogP contribution in [0.3, 0.4) is 0 Å². The monoisotopic (exact) mass is 386 g/mol. The Bertz CT molecular complexity index is 370. The fraction of sp³-hybridized carbons (Fsp3) is 0.909. The van der Waals surface area contributed by atoms with Gasteiger partial charge in [-0.15, -0.1) is 0 Å². The van der Waals surface area contributed by atoms with Gasteiger partial charge in [-0.1, -0.05) is 60.3 Å². The molecule has 0 rings (SSSR count). The van der Waals surface area contributed by atoms with Crippen LogP contribution < -0.4 is 0 Å². The van der Waals surface area contributed by atoms with Crippen molar-refractivity contribution in [2.45, 2.75) is 92.4 Å². The van der Waals surface area contributed by atoms with Crippen LogP contribution in [-0.2, 0) is 19.1 Å². The zero-order chi connectivity index (χ0) is 20.7. The van der Waals surface area contributed by atoms with Crippen LogP contribution in [-0.4, -0.2) is 36.9 Å². The van der Waals surface area contributed by atoms with Crippen molar-refractivity contribution < 1.29 is 24.2 Å². The summed E-state index contributed by atoms with van der Waals surface area (Å²) in [5, 5.41) is 9.89. The Morgan fingerprint density at radius 2 is 1.22 bits per heavy atom. The van der Waals surface area contributed by atoms with Crippen LogP contribution in [0.4, 0.5) is 0 Å². The van der Waals surface area contributed by atoms with Gasteiger partial charge >= 0.3 is 11.9 Å². The Hall–Kier alpha value is -1.10. The molecule has 0 amide bonds. The van der Waals surface area contributed by atoms with E-state index in [9.17, 15) is 14.7 Å². The van der Waals surface area contributed by atoms with Gasteiger partial charge in [0.1, 0.15) is 13.2 Å². The van der Waals surface area contributed by atoms with Gasteiger partial charge in [-0.2, -0.15) is 0 Å². The second kappa shape index (κ2) is 14.9. The van der Waals surface area contributed by atoms with Gasteiger partial charge in [-0.3, -0.25) is 9.59 Å². The number of aliphatic hydroxyl groups excluding tert-OH is 1. The van der Waals surface area contributed by atoms with Crippen molar-refractivity contribution in [2.75, 3.05) is 19.8 Å². The Morgan fingerprint density at radius 3 is 1.48 bits per heavy atom. The number of hydrogen-bond donors (Lipinski definition) is 1. The third-order valence-corrected chi connectivity index (χ3v) is 5.59. The predicted molar refractivity (Wildman–Crippen MR) is 108 cm³/mol. The van der Waals surface area contributed by atoms with E-state index < -0.39 is 5.41 Å². The van der Waals surface area contributed by atoms with Crippen LogP contribution in [0.15, 0.2) is 0 Å². The van der Waals surface area contributed by atoms with Gasteiger partial charge in [0.25, 0.3) is 0 Å². The Labute approximate surface area is 166 Å². The first-order chi connectivity index (χ1) is 12.9. The number of carbonyl (C=O) groups excluding carboxylic acids is 2. The first kappa shape index (κ1) is 25.9. The second-order valence-corrected chi connectivity index (χ2v) is 7.72. The molecule has 0 aromatic heterocycles. The first-order valence-corrected chi connectivity index (χ1v) is 10.9. The van der Waals surface area contributed by atoms with Crippen LogP contribution >= 0.6 is 0 Å². The number of aliphatic hydroxyl groups is 1. The van der Waals surface area contributed by atoms with E-state index in [2.05, 4.69) is 13.8 Å². The van der Waals surface area contributed by atoms with Crippen LogP contribution in [0.5, 0.6) is 0 Å². The van der Waals surface area contributed by atoms with E-state index in [-0.39, 0.29) is 43.6 Å². The molecule has 2 atom stereocenters. The number of ether oxygens (including phenoxy) is 2. The molecule has 5 heteroatoms. The van der Waals surface area contributed by atoms with E-state index in [1.807, 2.05) is 20.8 Å². The molecule has 0 fully saturated rings. The molecule has 5 nitrogen and oxygen atoms in total. The molecule has 0 aromatic rings. The average Bonchev–Trinajstić information content (AvgIpc) is 2.69. The summed E-state index contributed by atoms with van der Waals surface area (Å²) < 4.78 is 11.1. The predicted octanol–water partition coefficient (Wildman–Crippen LogP) is 4.89. The summed E-state index contributed by atoms with van der Waals surface area (Å²) in [5.41, 5.74) is -0.725. The third kappa shape index (κ3) is 9.59. The minimum atomic E-state index is -0.725. The highest BCUT2D eigenvalue weighted by Crippen LogP contribution is 2.25. The van der Waals surface area contributed by atoms with E-state index >= 15 is 0 Å². The number of rotatable bonds is 16. The fourth-order valence-electron chi connectivity index (χ4n) is 3.01. The average molecular weight is 387 g/mol. The van der Waals surface area contributed by atoms with Crippen molar-refractivity contribution in [3.8, 4) is 0 Å². The molecule has 0 aromatic carbocycles. The van der Waals surface area contributed by atoms with Gasteiger partial charge in [0, 0.05) is 0 Å². The maximum atomic E-state index is 12.4. The van der Waals surface area contributed by atoms with Crippen molar-refractivity contribution >= 4 is 11.9 Å². The number of esters is 2. The van der Waals surface area contributed by atoms with Crippen molar-refractivity contribution in [2.24, 2.45) is 17.3 Å². The molecule has 0 radical (unpaired) electrons. The standard InChI is InChI=1S/C22H42O5/c1-6-11-13-18(8-3)20(24)26-16-22(10-5,15-23)17-27-21(25)19(9-4)14-12-7-2/h18-19,23H,6-17H2,1-5H3. The van der Waals surface area contributed by atoms with Crippen LogP contribution in [0, 0.1) is 17.3 Å².